The highest BCUT2D eigenvalue weighted by Gasteiger charge is 1.79. The summed E-state index contributed by atoms with van der Waals surface area (Å²) in [6, 6.07) is 0. The van der Waals surface area contributed by atoms with Crippen molar-refractivity contribution < 1.29 is 4.74 Å². The molecule has 0 amide bonds. The minimum Gasteiger partial charge on any atom is -0.375 e. The highest BCUT2D eigenvalue weighted by atomic mass is 16.5. The summed E-state index contributed by atoms with van der Waals surface area (Å²) >= 11 is 0. The minimum atomic E-state index is 0.601. The standard InChI is InChI=1S/C11H17NO/c1-3-5-6-7-8-12-9-11-13-10-4-2/h3-8H,2,9-11H2,1H3/b5-3-,7-6-,12-8?. The zero-order chi connectivity index (χ0) is 9.78. The molecular weight excluding hydrogens is 162 g/mol. The molecule has 2 heteroatoms. The Morgan fingerprint density at radius 2 is 2.15 bits per heavy atom. The van der Waals surface area contributed by atoms with Gasteiger partial charge in [-0.15, -0.1) is 6.58 Å². The molecule has 0 aliphatic heterocycles. The summed E-state index contributed by atoms with van der Waals surface area (Å²) in [6.45, 7) is 7.48. The first-order valence-electron chi connectivity index (χ1n) is 4.38. The number of nitrogens with zero attached hydrogens (tertiary/aromatic N) is 1. The van der Waals surface area contributed by atoms with Crippen LogP contribution in [0.5, 0.6) is 0 Å². The Balaban J connectivity index is 3.26. The van der Waals surface area contributed by atoms with Crippen molar-refractivity contribution in [1.29, 1.82) is 0 Å². The molecule has 0 spiro atoms. The van der Waals surface area contributed by atoms with Gasteiger partial charge in [0.15, 0.2) is 0 Å². The molecule has 0 atom stereocenters. The Labute approximate surface area is 80.3 Å². The second-order valence-corrected chi connectivity index (χ2v) is 2.33. The van der Waals surface area contributed by atoms with Crippen LogP contribution in [0.2, 0.25) is 0 Å². The number of allylic oxidation sites excluding steroid dienone is 4. The van der Waals surface area contributed by atoms with Gasteiger partial charge in [0, 0.05) is 6.21 Å². The fourth-order valence-electron chi connectivity index (χ4n) is 0.644. The molecule has 0 aromatic rings. The predicted molar refractivity (Wildman–Crippen MR) is 58.3 cm³/mol. The molecule has 0 aliphatic carbocycles. The van der Waals surface area contributed by atoms with Crippen molar-refractivity contribution in [2.75, 3.05) is 19.8 Å². The van der Waals surface area contributed by atoms with Gasteiger partial charge in [0.25, 0.3) is 0 Å². The van der Waals surface area contributed by atoms with E-state index in [-0.39, 0.29) is 0 Å². The fraction of sp³-hybridized carbons (Fsp3) is 0.364. The van der Waals surface area contributed by atoms with Crippen LogP contribution in [0.1, 0.15) is 6.92 Å². The summed E-state index contributed by atoms with van der Waals surface area (Å²) in [6.07, 6.45) is 11.3. The average molecular weight is 179 g/mol. The average Bonchev–Trinajstić information content (AvgIpc) is 2.16. The number of aliphatic imine (C=N–C) groups is 1. The maximum absolute atomic E-state index is 5.14. The van der Waals surface area contributed by atoms with E-state index in [1.807, 2.05) is 31.2 Å². The van der Waals surface area contributed by atoms with Crippen LogP contribution in [-0.2, 0) is 4.74 Å². The highest BCUT2D eigenvalue weighted by Crippen LogP contribution is 1.78. The van der Waals surface area contributed by atoms with Crippen molar-refractivity contribution in [2.45, 2.75) is 6.92 Å². The lowest BCUT2D eigenvalue weighted by Crippen LogP contribution is -1.97. The molecule has 0 aromatic heterocycles. The largest absolute Gasteiger partial charge is 0.375 e. The SMILES string of the molecule is C=CCOCCN=C/C=C\C=C/C. The van der Waals surface area contributed by atoms with Crippen molar-refractivity contribution in [2.24, 2.45) is 4.99 Å². The fourth-order valence-corrected chi connectivity index (χ4v) is 0.644. The van der Waals surface area contributed by atoms with Crippen LogP contribution in [0, 0.1) is 0 Å². The minimum absolute atomic E-state index is 0.601. The molecule has 0 saturated carbocycles. The Bertz CT molecular complexity index is 192. The summed E-state index contributed by atoms with van der Waals surface area (Å²) in [4.78, 5) is 4.11. The van der Waals surface area contributed by atoms with E-state index < -0.39 is 0 Å². The van der Waals surface area contributed by atoms with Gasteiger partial charge >= 0.3 is 0 Å². The van der Waals surface area contributed by atoms with Crippen LogP contribution in [0.25, 0.3) is 0 Å². The molecule has 13 heavy (non-hydrogen) atoms. The van der Waals surface area contributed by atoms with E-state index in [0.29, 0.717) is 19.8 Å². The molecule has 0 heterocycles. The first-order valence-corrected chi connectivity index (χ1v) is 4.38. The van der Waals surface area contributed by atoms with Crippen LogP contribution in [0.15, 0.2) is 42.0 Å². The van der Waals surface area contributed by atoms with Gasteiger partial charge in [0.2, 0.25) is 0 Å². The molecule has 0 radical (unpaired) electrons. The molecule has 0 unspecified atom stereocenters. The van der Waals surface area contributed by atoms with Crippen molar-refractivity contribution >= 4 is 6.21 Å². The highest BCUT2D eigenvalue weighted by molar-refractivity contribution is 5.71. The number of hydrogen-bond acceptors (Lipinski definition) is 2. The smallest absolute Gasteiger partial charge is 0.0666 e. The van der Waals surface area contributed by atoms with Crippen molar-refractivity contribution in [3.8, 4) is 0 Å². The van der Waals surface area contributed by atoms with E-state index in [1.54, 1.807) is 12.3 Å². The number of ether oxygens (including phenoxy) is 1. The first kappa shape index (κ1) is 11.8. The zero-order valence-corrected chi connectivity index (χ0v) is 8.15. The summed E-state index contributed by atoms with van der Waals surface area (Å²) in [5.74, 6) is 0. The monoisotopic (exact) mass is 179 g/mol. The zero-order valence-electron chi connectivity index (χ0n) is 8.15. The number of hydrogen-bond donors (Lipinski definition) is 0. The van der Waals surface area contributed by atoms with Crippen molar-refractivity contribution in [1.82, 2.24) is 0 Å². The summed E-state index contributed by atoms with van der Waals surface area (Å²) in [5, 5.41) is 0. The lowest BCUT2D eigenvalue weighted by atomic mass is 10.4. The summed E-state index contributed by atoms with van der Waals surface area (Å²) in [5.41, 5.74) is 0. The number of rotatable bonds is 7. The molecule has 0 bridgehead atoms. The molecular formula is C11H17NO. The Morgan fingerprint density at radius 3 is 2.85 bits per heavy atom. The van der Waals surface area contributed by atoms with Crippen molar-refractivity contribution in [3.63, 3.8) is 0 Å². The molecule has 0 fully saturated rings. The summed E-state index contributed by atoms with van der Waals surface area (Å²) in [7, 11) is 0. The maximum atomic E-state index is 5.14. The molecule has 2 nitrogen and oxygen atoms in total. The lowest BCUT2D eigenvalue weighted by Gasteiger charge is -1.94. The van der Waals surface area contributed by atoms with Gasteiger partial charge in [-0.25, -0.2) is 0 Å². The van der Waals surface area contributed by atoms with E-state index >= 15 is 0 Å². The maximum Gasteiger partial charge on any atom is 0.0666 e. The lowest BCUT2D eigenvalue weighted by molar-refractivity contribution is 0.171. The molecule has 0 saturated heterocycles. The predicted octanol–water partition coefficient (Wildman–Crippen LogP) is 2.39. The van der Waals surface area contributed by atoms with E-state index in [2.05, 4.69) is 11.6 Å². The van der Waals surface area contributed by atoms with Crippen LogP contribution < -0.4 is 0 Å². The van der Waals surface area contributed by atoms with Gasteiger partial charge in [0.1, 0.15) is 0 Å². The van der Waals surface area contributed by atoms with E-state index in [0.717, 1.165) is 0 Å². The van der Waals surface area contributed by atoms with Crippen LogP contribution >= 0.6 is 0 Å². The molecule has 0 aromatic carbocycles. The summed E-state index contributed by atoms with van der Waals surface area (Å²) < 4.78 is 5.14. The van der Waals surface area contributed by atoms with Gasteiger partial charge < -0.3 is 4.74 Å². The van der Waals surface area contributed by atoms with E-state index in [1.165, 1.54) is 0 Å². The Morgan fingerprint density at radius 1 is 1.31 bits per heavy atom. The third-order valence-electron chi connectivity index (χ3n) is 1.21. The first-order chi connectivity index (χ1) is 6.41. The normalized spacial score (nSPS) is 12.1. The third-order valence-corrected chi connectivity index (χ3v) is 1.21. The van der Waals surface area contributed by atoms with Crippen LogP contribution in [-0.4, -0.2) is 26.0 Å². The van der Waals surface area contributed by atoms with E-state index in [9.17, 15) is 0 Å². The quantitative estimate of drug-likeness (QED) is 0.254. The topological polar surface area (TPSA) is 21.6 Å². The van der Waals surface area contributed by atoms with Gasteiger partial charge in [-0.3, -0.25) is 4.99 Å². The van der Waals surface area contributed by atoms with Crippen molar-refractivity contribution in [3.05, 3.63) is 37.0 Å². The second kappa shape index (κ2) is 10.8. The van der Waals surface area contributed by atoms with E-state index in [4.69, 9.17) is 4.74 Å². The van der Waals surface area contributed by atoms with Gasteiger partial charge in [-0.1, -0.05) is 24.3 Å². The van der Waals surface area contributed by atoms with Crippen LogP contribution in [0.4, 0.5) is 0 Å². The molecule has 0 aliphatic rings. The van der Waals surface area contributed by atoms with Gasteiger partial charge in [-0.05, 0) is 13.0 Å². The Hall–Kier alpha value is -1.15. The molecule has 72 valence electrons. The molecule has 0 N–H and O–H groups in total. The van der Waals surface area contributed by atoms with Gasteiger partial charge in [-0.2, -0.15) is 0 Å². The van der Waals surface area contributed by atoms with Crippen LogP contribution in [0.3, 0.4) is 0 Å². The van der Waals surface area contributed by atoms with Gasteiger partial charge in [0.05, 0.1) is 19.8 Å². The third kappa shape index (κ3) is 10.8. The molecule has 0 rings (SSSR count). The Kier molecular flexibility index (Phi) is 9.89. The second-order valence-electron chi connectivity index (χ2n) is 2.33.